The minimum Gasteiger partial charge on any atom is -0.325 e. The number of nitrogens with two attached hydrogens (primary N) is 1. The fourth-order valence-electron chi connectivity index (χ4n) is 4.00. The second-order valence-electron chi connectivity index (χ2n) is 7.14. The minimum absolute atomic E-state index is 0.173. The van der Waals surface area contributed by atoms with Crippen molar-refractivity contribution in [2.24, 2.45) is 17.1 Å². The molecule has 0 aromatic heterocycles. The Morgan fingerprint density at radius 3 is 2.63 bits per heavy atom. The smallest absolute Gasteiger partial charge is 0.142 e. The predicted octanol–water partition coefficient (Wildman–Crippen LogP) is 4.57. The quantitative estimate of drug-likeness (QED) is 0.846. The topological polar surface area (TPSA) is 26.0 Å². The van der Waals surface area contributed by atoms with E-state index in [-0.39, 0.29) is 21.8 Å². The molecule has 3 heteroatoms. The molecule has 19 heavy (non-hydrogen) atoms. The van der Waals surface area contributed by atoms with Crippen LogP contribution in [0.1, 0.15) is 45.6 Å². The maximum Gasteiger partial charge on any atom is 0.142 e. The Kier molecular flexibility index (Phi) is 3.95. The third kappa shape index (κ3) is 3.70. The van der Waals surface area contributed by atoms with Crippen molar-refractivity contribution in [1.82, 2.24) is 0 Å². The highest BCUT2D eigenvalue weighted by molar-refractivity contribution is 6.30. The predicted molar refractivity (Wildman–Crippen MR) is 78.8 cm³/mol. The first-order valence-electron chi connectivity index (χ1n) is 6.92. The zero-order valence-corrected chi connectivity index (χ0v) is 12.7. The van der Waals surface area contributed by atoms with E-state index < -0.39 is 0 Å². The summed E-state index contributed by atoms with van der Waals surface area (Å²) in [6.07, 6.45) is 3.91. The summed E-state index contributed by atoms with van der Waals surface area (Å²) in [5.74, 6) is 0.261. The molecule has 0 bridgehead atoms. The van der Waals surface area contributed by atoms with Gasteiger partial charge < -0.3 is 5.73 Å². The fraction of sp³-hybridized carbons (Fsp3) is 0.625. The molecule has 1 nitrogen and oxygen atoms in total. The third-order valence-corrected chi connectivity index (χ3v) is 4.33. The molecule has 2 atom stereocenters. The molecule has 1 aliphatic rings. The van der Waals surface area contributed by atoms with Gasteiger partial charge in [-0.15, -0.1) is 0 Å². The van der Waals surface area contributed by atoms with Crippen LogP contribution in [0.3, 0.4) is 0 Å². The van der Waals surface area contributed by atoms with E-state index in [0.29, 0.717) is 5.92 Å². The van der Waals surface area contributed by atoms with Gasteiger partial charge in [-0.2, -0.15) is 0 Å². The molecule has 1 aromatic carbocycles. The van der Waals surface area contributed by atoms with Crippen LogP contribution in [0.5, 0.6) is 0 Å². The molecule has 2 unspecified atom stereocenters. The molecule has 0 amide bonds. The maximum atomic E-state index is 13.5. The third-order valence-electron chi connectivity index (χ3n) is 4.03. The second-order valence-corrected chi connectivity index (χ2v) is 7.55. The van der Waals surface area contributed by atoms with Gasteiger partial charge in [-0.3, -0.25) is 0 Å². The van der Waals surface area contributed by atoms with E-state index in [0.717, 1.165) is 24.8 Å². The molecule has 0 radical (unpaired) electrons. The van der Waals surface area contributed by atoms with Gasteiger partial charge in [0, 0.05) is 5.54 Å². The van der Waals surface area contributed by atoms with Crippen LogP contribution in [0.25, 0.3) is 0 Å². The monoisotopic (exact) mass is 283 g/mol. The Morgan fingerprint density at radius 1 is 1.37 bits per heavy atom. The van der Waals surface area contributed by atoms with Gasteiger partial charge in [0.15, 0.2) is 0 Å². The summed E-state index contributed by atoms with van der Waals surface area (Å²) in [5.41, 5.74) is 7.56. The lowest BCUT2D eigenvalue weighted by Gasteiger charge is -2.46. The Hall–Kier alpha value is -0.600. The first kappa shape index (κ1) is 14.8. The summed E-state index contributed by atoms with van der Waals surface area (Å²) >= 11 is 5.72. The van der Waals surface area contributed by atoms with E-state index in [1.54, 1.807) is 6.07 Å². The Bertz CT molecular complexity index is 472. The molecule has 1 aromatic rings. The summed E-state index contributed by atoms with van der Waals surface area (Å²) in [6.45, 7) is 6.80. The van der Waals surface area contributed by atoms with Gasteiger partial charge in [0.1, 0.15) is 5.82 Å². The Labute approximate surface area is 120 Å². The van der Waals surface area contributed by atoms with Crippen molar-refractivity contribution < 1.29 is 4.39 Å². The minimum atomic E-state index is -0.356. The molecule has 1 saturated carbocycles. The summed E-state index contributed by atoms with van der Waals surface area (Å²) in [4.78, 5) is 0. The number of benzene rings is 1. The number of rotatable bonds is 2. The van der Waals surface area contributed by atoms with Crippen LogP contribution in [0.15, 0.2) is 18.2 Å². The molecule has 0 saturated heterocycles. The van der Waals surface area contributed by atoms with Crippen LogP contribution in [0.2, 0.25) is 5.02 Å². The molecule has 2 rings (SSSR count). The van der Waals surface area contributed by atoms with Crippen molar-refractivity contribution in [1.29, 1.82) is 0 Å². The molecule has 0 spiro atoms. The average Bonchev–Trinajstić information content (AvgIpc) is 2.19. The SMILES string of the molecule is CC1CC(C)(C)CC(N)(Cc2ccc(Cl)c(F)c2)C1. The average molecular weight is 284 g/mol. The molecular weight excluding hydrogens is 261 g/mol. The summed E-state index contributed by atoms with van der Waals surface area (Å²) < 4.78 is 13.5. The van der Waals surface area contributed by atoms with Gasteiger partial charge in [-0.25, -0.2) is 4.39 Å². The van der Waals surface area contributed by atoms with Crippen LogP contribution < -0.4 is 5.73 Å². The van der Waals surface area contributed by atoms with E-state index in [1.807, 2.05) is 6.07 Å². The lowest BCUT2D eigenvalue weighted by molar-refractivity contribution is 0.108. The van der Waals surface area contributed by atoms with Crippen molar-refractivity contribution in [3.8, 4) is 0 Å². The lowest BCUT2D eigenvalue weighted by Crippen LogP contribution is -2.50. The van der Waals surface area contributed by atoms with E-state index in [1.165, 1.54) is 12.5 Å². The molecular formula is C16H23ClFN. The van der Waals surface area contributed by atoms with Crippen molar-refractivity contribution in [3.63, 3.8) is 0 Å². The van der Waals surface area contributed by atoms with Crippen LogP contribution in [0, 0.1) is 17.2 Å². The second kappa shape index (κ2) is 5.06. The van der Waals surface area contributed by atoms with Crippen LogP contribution in [-0.4, -0.2) is 5.54 Å². The fourth-order valence-corrected chi connectivity index (χ4v) is 4.12. The highest BCUT2D eigenvalue weighted by atomic mass is 35.5. The van der Waals surface area contributed by atoms with E-state index >= 15 is 0 Å². The summed E-state index contributed by atoms with van der Waals surface area (Å²) in [6, 6.07) is 5.02. The zero-order valence-electron chi connectivity index (χ0n) is 12.0. The molecule has 106 valence electrons. The number of hydrogen-bond donors (Lipinski definition) is 1. The van der Waals surface area contributed by atoms with E-state index in [9.17, 15) is 4.39 Å². The van der Waals surface area contributed by atoms with Gasteiger partial charge in [-0.05, 0) is 54.7 Å². The van der Waals surface area contributed by atoms with Gasteiger partial charge in [0.25, 0.3) is 0 Å². The van der Waals surface area contributed by atoms with Crippen LogP contribution in [-0.2, 0) is 6.42 Å². The van der Waals surface area contributed by atoms with Gasteiger partial charge in [0.05, 0.1) is 5.02 Å². The molecule has 2 N–H and O–H groups in total. The highest BCUT2D eigenvalue weighted by Gasteiger charge is 2.40. The first-order chi connectivity index (χ1) is 8.69. The van der Waals surface area contributed by atoms with Crippen molar-refractivity contribution in [2.45, 2.75) is 52.0 Å². The van der Waals surface area contributed by atoms with Crippen LogP contribution in [0.4, 0.5) is 4.39 Å². The Morgan fingerprint density at radius 2 is 2.05 bits per heavy atom. The Balaban J connectivity index is 2.18. The van der Waals surface area contributed by atoms with Crippen molar-refractivity contribution in [3.05, 3.63) is 34.6 Å². The van der Waals surface area contributed by atoms with Crippen molar-refractivity contribution in [2.75, 3.05) is 0 Å². The molecule has 0 aliphatic heterocycles. The molecule has 1 aliphatic carbocycles. The highest BCUT2D eigenvalue weighted by Crippen LogP contribution is 2.44. The largest absolute Gasteiger partial charge is 0.325 e. The van der Waals surface area contributed by atoms with Crippen molar-refractivity contribution >= 4 is 11.6 Å². The first-order valence-corrected chi connectivity index (χ1v) is 7.30. The van der Waals surface area contributed by atoms with Gasteiger partial charge in [0.2, 0.25) is 0 Å². The lowest BCUT2D eigenvalue weighted by atomic mass is 9.63. The van der Waals surface area contributed by atoms with E-state index in [4.69, 9.17) is 17.3 Å². The molecule has 1 fully saturated rings. The summed E-state index contributed by atoms with van der Waals surface area (Å²) in [7, 11) is 0. The van der Waals surface area contributed by atoms with Gasteiger partial charge in [-0.1, -0.05) is 38.4 Å². The molecule has 0 heterocycles. The number of hydrogen-bond acceptors (Lipinski definition) is 1. The van der Waals surface area contributed by atoms with Gasteiger partial charge >= 0.3 is 0 Å². The summed E-state index contributed by atoms with van der Waals surface area (Å²) in [5, 5.41) is 0.173. The number of halogens is 2. The zero-order chi connectivity index (χ0) is 14.3. The van der Waals surface area contributed by atoms with E-state index in [2.05, 4.69) is 20.8 Å². The maximum absolute atomic E-state index is 13.5. The van der Waals surface area contributed by atoms with Crippen LogP contribution >= 0.6 is 11.6 Å². The normalized spacial score (nSPS) is 30.3. The standard InChI is InChI=1S/C16H23ClFN/c1-11-7-15(2,3)10-16(19,8-11)9-12-4-5-13(17)14(18)6-12/h4-6,11H,7-10,19H2,1-3H3.